The second-order valence-corrected chi connectivity index (χ2v) is 7.48. The second-order valence-electron chi connectivity index (χ2n) is 7.48. The molecule has 0 aliphatic carbocycles. The summed E-state index contributed by atoms with van der Waals surface area (Å²) in [5.41, 5.74) is -0.445. The third kappa shape index (κ3) is 20.8. The zero-order valence-corrected chi connectivity index (χ0v) is 19.7. The molecule has 0 aliphatic rings. The molecule has 0 radical (unpaired) electrons. The number of hydrogen-bond donors (Lipinski definition) is 1. The third-order valence-electron chi connectivity index (χ3n) is 4.41. The normalized spacial score (nSPS) is 11.7. The largest absolute Gasteiger partial charge is 0.463 e. The van der Waals surface area contributed by atoms with Gasteiger partial charge in [0.05, 0.1) is 64.9 Å². The number of aliphatic hydroxyl groups excluding tert-OH is 1. The molecule has 0 spiro atoms. The van der Waals surface area contributed by atoms with Gasteiger partial charge in [-0.1, -0.05) is 6.92 Å². The van der Waals surface area contributed by atoms with Crippen molar-refractivity contribution in [1.29, 1.82) is 0 Å². The Morgan fingerprint density at radius 2 is 0.968 bits per heavy atom. The third-order valence-corrected chi connectivity index (χ3v) is 4.41. The molecule has 0 saturated heterocycles. The lowest BCUT2D eigenvalue weighted by Gasteiger charge is -2.20. The van der Waals surface area contributed by atoms with Crippen LogP contribution in [0.5, 0.6) is 0 Å². The minimum Gasteiger partial charge on any atom is -0.463 e. The van der Waals surface area contributed by atoms with Crippen molar-refractivity contribution < 1.29 is 43.1 Å². The summed E-state index contributed by atoms with van der Waals surface area (Å²) in [7, 11) is 0. The van der Waals surface area contributed by atoms with Crippen molar-refractivity contribution in [2.75, 3.05) is 92.5 Å². The monoisotopic (exact) mass is 452 g/mol. The fraction of sp³-hybridized carbons (Fsp3) is 0.955. The van der Waals surface area contributed by atoms with Crippen LogP contribution < -0.4 is 0 Å². The highest BCUT2D eigenvalue weighted by atomic mass is 16.6. The van der Waals surface area contributed by atoms with E-state index < -0.39 is 5.41 Å². The van der Waals surface area contributed by atoms with Crippen molar-refractivity contribution in [3.8, 4) is 0 Å². The Hall–Kier alpha value is -0.810. The summed E-state index contributed by atoms with van der Waals surface area (Å²) >= 11 is 0. The van der Waals surface area contributed by atoms with Gasteiger partial charge in [-0.3, -0.25) is 4.79 Å². The highest BCUT2D eigenvalue weighted by molar-refractivity contribution is 5.75. The lowest BCUT2D eigenvalue weighted by atomic mass is 9.91. The quantitative estimate of drug-likeness (QED) is 0.174. The molecule has 0 heterocycles. The van der Waals surface area contributed by atoms with E-state index in [4.69, 9.17) is 38.3 Å². The maximum Gasteiger partial charge on any atom is 0.311 e. The summed E-state index contributed by atoms with van der Waals surface area (Å²) in [5.74, 6) is -0.195. The fourth-order valence-corrected chi connectivity index (χ4v) is 2.05. The first-order valence-corrected chi connectivity index (χ1v) is 11.3. The summed E-state index contributed by atoms with van der Waals surface area (Å²) in [6.07, 6.45) is 2.26. The van der Waals surface area contributed by atoms with Gasteiger partial charge in [0.2, 0.25) is 0 Å². The molecule has 0 rings (SSSR count). The zero-order chi connectivity index (χ0) is 23.0. The van der Waals surface area contributed by atoms with E-state index >= 15 is 0 Å². The summed E-state index contributed by atoms with van der Waals surface area (Å²) in [4.78, 5) is 11.8. The number of carbonyl (C=O) groups is 1. The van der Waals surface area contributed by atoms with Crippen LogP contribution in [0.3, 0.4) is 0 Å². The maximum absolute atomic E-state index is 11.8. The minimum atomic E-state index is -0.445. The molecule has 0 aromatic heterocycles. The fourth-order valence-electron chi connectivity index (χ4n) is 2.05. The average molecular weight is 453 g/mol. The predicted molar refractivity (Wildman–Crippen MR) is 116 cm³/mol. The molecule has 1 N–H and O–H groups in total. The highest BCUT2D eigenvalue weighted by Gasteiger charge is 2.26. The minimum absolute atomic E-state index is 0.165. The summed E-state index contributed by atoms with van der Waals surface area (Å²) in [5, 5.41) is 8.61. The summed E-state index contributed by atoms with van der Waals surface area (Å²) in [6, 6.07) is 0. The van der Waals surface area contributed by atoms with Crippen molar-refractivity contribution in [2.45, 2.75) is 40.0 Å². The van der Waals surface area contributed by atoms with E-state index in [9.17, 15) is 4.79 Å². The van der Waals surface area contributed by atoms with Crippen molar-refractivity contribution in [3.63, 3.8) is 0 Å². The van der Waals surface area contributed by atoms with Gasteiger partial charge in [-0.25, -0.2) is 0 Å². The lowest BCUT2D eigenvalue weighted by molar-refractivity contribution is -0.155. The Balaban J connectivity index is 3.13. The molecule has 0 atom stereocenters. The SMILES string of the molecule is CCC(C)(C)C(=O)OCCOCCOCCOCCOCCOCCCOCCCO. The van der Waals surface area contributed by atoms with Crippen LogP contribution in [0.4, 0.5) is 0 Å². The van der Waals surface area contributed by atoms with Gasteiger partial charge >= 0.3 is 5.97 Å². The van der Waals surface area contributed by atoms with Crippen molar-refractivity contribution in [2.24, 2.45) is 5.41 Å². The number of ether oxygens (including phenoxy) is 7. The van der Waals surface area contributed by atoms with Crippen LogP contribution in [0.15, 0.2) is 0 Å². The molecule has 0 bridgehead atoms. The van der Waals surface area contributed by atoms with Gasteiger partial charge < -0.3 is 38.3 Å². The van der Waals surface area contributed by atoms with Crippen molar-refractivity contribution >= 4 is 5.97 Å². The number of hydrogen-bond acceptors (Lipinski definition) is 9. The first kappa shape index (κ1) is 30.2. The Bertz CT molecular complexity index is 391. The molecule has 0 aromatic rings. The van der Waals surface area contributed by atoms with E-state index in [2.05, 4.69) is 0 Å². The molecular formula is C22H44O9. The van der Waals surface area contributed by atoms with Crippen LogP contribution >= 0.6 is 0 Å². The molecule has 186 valence electrons. The molecule has 0 saturated carbocycles. The standard InChI is InChI=1S/C22H44O9/c1-4-22(2,3)21(24)31-20-19-30-18-17-29-16-15-28-14-13-27-12-11-26-10-6-9-25-8-5-7-23/h23H,4-20H2,1-3H3. The highest BCUT2D eigenvalue weighted by Crippen LogP contribution is 2.21. The molecule has 0 fully saturated rings. The Labute approximate surface area is 187 Å². The molecule has 0 aromatic carbocycles. The molecular weight excluding hydrogens is 408 g/mol. The lowest BCUT2D eigenvalue weighted by Crippen LogP contribution is -2.27. The second kappa shape index (κ2) is 22.4. The van der Waals surface area contributed by atoms with E-state index in [0.717, 1.165) is 12.8 Å². The summed E-state index contributed by atoms with van der Waals surface area (Å²) in [6.45, 7) is 12.4. The van der Waals surface area contributed by atoms with Crippen LogP contribution in [0, 0.1) is 5.41 Å². The Morgan fingerprint density at radius 3 is 1.39 bits per heavy atom. The number of esters is 1. The molecule has 0 unspecified atom stereocenters. The first-order valence-electron chi connectivity index (χ1n) is 11.3. The van der Waals surface area contributed by atoms with Crippen molar-refractivity contribution in [3.05, 3.63) is 0 Å². The Morgan fingerprint density at radius 1 is 0.613 bits per heavy atom. The molecule has 9 heteroatoms. The smallest absolute Gasteiger partial charge is 0.311 e. The van der Waals surface area contributed by atoms with E-state index in [1.54, 1.807) is 0 Å². The van der Waals surface area contributed by atoms with Crippen LogP contribution in [-0.2, 0) is 38.0 Å². The zero-order valence-electron chi connectivity index (χ0n) is 19.7. The number of aliphatic hydroxyl groups is 1. The topological polar surface area (TPSA) is 102 Å². The van der Waals surface area contributed by atoms with Crippen LogP contribution in [-0.4, -0.2) is 104 Å². The predicted octanol–water partition coefficient (Wildman–Crippen LogP) is 1.84. The number of rotatable bonds is 24. The van der Waals surface area contributed by atoms with Crippen LogP contribution in [0.25, 0.3) is 0 Å². The van der Waals surface area contributed by atoms with Gasteiger partial charge in [-0.15, -0.1) is 0 Å². The summed E-state index contributed by atoms with van der Waals surface area (Å²) < 4.78 is 37.5. The van der Waals surface area contributed by atoms with E-state index in [1.165, 1.54) is 0 Å². The van der Waals surface area contributed by atoms with Gasteiger partial charge in [-0.05, 0) is 33.1 Å². The van der Waals surface area contributed by atoms with Gasteiger partial charge in [0, 0.05) is 26.4 Å². The van der Waals surface area contributed by atoms with Gasteiger partial charge in [0.1, 0.15) is 6.61 Å². The molecule has 0 aliphatic heterocycles. The van der Waals surface area contributed by atoms with E-state index in [0.29, 0.717) is 85.7 Å². The van der Waals surface area contributed by atoms with E-state index in [-0.39, 0.29) is 19.2 Å². The van der Waals surface area contributed by atoms with Crippen LogP contribution in [0.1, 0.15) is 40.0 Å². The molecule has 0 amide bonds. The molecule has 9 nitrogen and oxygen atoms in total. The van der Waals surface area contributed by atoms with Gasteiger partial charge in [-0.2, -0.15) is 0 Å². The van der Waals surface area contributed by atoms with E-state index in [1.807, 2.05) is 20.8 Å². The first-order chi connectivity index (χ1) is 15.0. The maximum atomic E-state index is 11.8. The van der Waals surface area contributed by atoms with Gasteiger partial charge in [0.25, 0.3) is 0 Å². The van der Waals surface area contributed by atoms with Gasteiger partial charge in [0.15, 0.2) is 0 Å². The van der Waals surface area contributed by atoms with Crippen molar-refractivity contribution in [1.82, 2.24) is 0 Å². The average Bonchev–Trinajstić information content (AvgIpc) is 2.77. The Kier molecular flexibility index (Phi) is 21.8. The number of carbonyl (C=O) groups excluding carboxylic acids is 1. The molecule has 31 heavy (non-hydrogen) atoms. The van der Waals surface area contributed by atoms with Crippen LogP contribution in [0.2, 0.25) is 0 Å².